The second kappa shape index (κ2) is 12.9. The van der Waals surface area contributed by atoms with E-state index < -0.39 is 28.5 Å². The SMILES string of the molecule is CC[C@H](C)NC(=O)[C@@H](C)N(Cc1cccc(C)c1)C(=O)CN(c1ccc(C)cc1C)S(=O)(=O)c1ccccc1. The molecule has 0 fully saturated rings. The number of hydrogen-bond acceptors (Lipinski definition) is 4. The van der Waals surface area contributed by atoms with Crippen molar-refractivity contribution >= 4 is 27.5 Å². The molecule has 0 saturated carbocycles. The second-order valence-corrected chi connectivity index (χ2v) is 12.0. The molecule has 0 bridgehead atoms. The molecule has 0 spiro atoms. The standard InChI is InChI=1S/C31H39N3O4S/c1-7-25(5)32-31(36)26(6)33(20-27-13-11-12-22(2)19-27)30(35)21-34(29-17-16-23(3)18-24(29)4)39(37,38)28-14-9-8-10-15-28/h8-19,25-26H,7,20-21H2,1-6H3,(H,32,36)/t25-,26+/m0/s1. The molecule has 3 aromatic carbocycles. The molecule has 7 nitrogen and oxygen atoms in total. The first-order valence-corrected chi connectivity index (χ1v) is 14.7. The first-order chi connectivity index (χ1) is 18.4. The highest BCUT2D eigenvalue weighted by molar-refractivity contribution is 7.92. The molecular weight excluding hydrogens is 510 g/mol. The molecule has 208 valence electrons. The molecule has 39 heavy (non-hydrogen) atoms. The summed E-state index contributed by atoms with van der Waals surface area (Å²) in [4.78, 5) is 28.7. The molecule has 0 aromatic heterocycles. The molecule has 8 heteroatoms. The molecule has 3 rings (SSSR count). The Morgan fingerprint density at radius 3 is 2.15 bits per heavy atom. The van der Waals surface area contributed by atoms with Crippen LogP contribution in [0.2, 0.25) is 0 Å². The van der Waals surface area contributed by atoms with Gasteiger partial charge in [-0.1, -0.05) is 72.6 Å². The molecule has 0 aliphatic carbocycles. The van der Waals surface area contributed by atoms with Crippen LogP contribution in [-0.4, -0.2) is 43.8 Å². The first kappa shape index (κ1) is 29.9. The van der Waals surface area contributed by atoms with Gasteiger partial charge >= 0.3 is 0 Å². The van der Waals surface area contributed by atoms with Gasteiger partial charge in [0.15, 0.2) is 0 Å². The Kier molecular flexibility index (Phi) is 9.92. The molecule has 2 atom stereocenters. The van der Waals surface area contributed by atoms with E-state index in [-0.39, 0.29) is 23.4 Å². The monoisotopic (exact) mass is 549 g/mol. The minimum absolute atomic E-state index is 0.0546. The van der Waals surface area contributed by atoms with Crippen LogP contribution in [-0.2, 0) is 26.2 Å². The van der Waals surface area contributed by atoms with Gasteiger partial charge in [-0.15, -0.1) is 0 Å². The van der Waals surface area contributed by atoms with E-state index in [2.05, 4.69) is 5.32 Å². The molecule has 0 heterocycles. The van der Waals surface area contributed by atoms with Crippen LogP contribution >= 0.6 is 0 Å². The van der Waals surface area contributed by atoms with Crippen molar-refractivity contribution in [3.05, 3.63) is 95.1 Å². The number of sulfonamides is 1. The molecule has 2 amide bonds. The van der Waals surface area contributed by atoms with Gasteiger partial charge in [0.1, 0.15) is 12.6 Å². The number of nitrogens with one attached hydrogen (secondary N) is 1. The van der Waals surface area contributed by atoms with Crippen LogP contribution in [0.25, 0.3) is 0 Å². The highest BCUT2D eigenvalue weighted by Crippen LogP contribution is 2.28. The van der Waals surface area contributed by atoms with Crippen LogP contribution in [0.3, 0.4) is 0 Å². The number of rotatable bonds is 11. The van der Waals surface area contributed by atoms with Gasteiger partial charge in [0.05, 0.1) is 10.6 Å². The highest BCUT2D eigenvalue weighted by atomic mass is 32.2. The summed E-state index contributed by atoms with van der Waals surface area (Å²) in [5.74, 6) is -0.753. The Hall–Kier alpha value is -3.65. The Bertz CT molecular complexity index is 1410. The van der Waals surface area contributed by atoms with E-state index >= 15 is 0 Å². The summed E-state index contributed by atoms with van der Waals surface area (Å²) in [6, 6.07) is 20.4. The maximum atomic E-state index is 14.0. The van der Waals surface area contributed by atoms with E-state index in [0.29, 0.717) is 5.69 Å². The van der Waals surface area contributed by atoms with Crippen molar-refractivity contribution in [2.45, 2.75) is 71.5 Å². The van der Waals surface area contributed by atoms with Gasteiger partial charge in [-0.25, -0.2) is 8.42 Å². The van der Waals surface area contributed by atoms with Gasteiger partial charge in [-0.3, -0.25) is 13.9 Å². The third-order valence-electron chi connectivity index (χ3n) is 6.83. The first-order valence-electron chi connectivity index (χ1n) is 13.2. The van der Waals surface area contributed by atoms with E-state index in [1.165, 1.54) is 17.0 Å². The fourth-order valence-corrected chi connectivity index (χ4v) is 5.87. The van der Waals surface area contributed by atoms with Gasteiger partial charge in [0.2, 0.25) is 11.8 Å². The molecule has 0 saturated heterocycles. The van der Waals surface area contributed by atoms with Crippen molar-refractivity contribution in [2.75, 3.05) is 10.8 Å². The largest absolute Gasteiger partial charge is 0.352 e. The van der Waals surface area contributed by atoms with Crippen molar-refractivity contribution in [1.29, 1.82) is 0 Å². The summed E-state index contributed by atoms with van der Waals surface area (Å²) in [6.07, 6.45) is 0.750. The lowest BCUT2D eigenvalue weighted by Gasteiger charge is -2.33. The van der Waals surface area contributed by atoms with E-state index in [1.54, 1.807) is 31.2 Å². The molecule has 0 aliphatic heterocycles. The number of nitrogens with zero attached hydrogens (tertiary/aromatic N) is 2. The molecule has 1 N–H and O–H groups in total. The number of hydrogen-bond donors (Lipinski definition) is 1. The van der Waals surface area contributed by atoms with Gasteiger partial charge in [-0.2, -0.15) is 0 Å². The normalized spacial score (nSPS) is 12.9. The maximum Gasteiger partial charge on any atom is 0.264 e. The summed E-state index contributed by atoms with van der Waals surface area (Å²) in [6.45, 7) is 11.0. The molecular formula is C31H39N3O4S. The number of amides is 2. The summed E-state index contributed by atoms with van der Waals surface area (Å²) < 4.78 is 28.9. The van der Waals surface area contributed by atoms with Crippen LogP contribution in [0.5, 0.6) is 0 Å². The number of carbonyl (C=O) groups is 2. The number of carbonyl (C=O) groups excluding carboxylic acids is 2. The van der Waals surface area contributed by atoms with Crippen LogP contribution in [0.1, 0.15) is 49.4 Å². The van der Waals surface area contributed by atoms with E-state index in [9.17, 15) is 18.0 Å². The predicted molar refractivity (Wildman–Crippen MR) is 156 cm³/mol. The Morgan fingerprint density at radius 2 is 1.54 bits per heavy atom. The summed E-state index contributed by atoms with van der Waals surface area (Å²) >= 11 is 0. The van der Waals surface area contributed by atoms with Crippen molar-refractivity contribution in [1.82, 2.24) is 10.2 Å². The second-order valence-electron chi connectivity index (χ2n) is 10.1. The number of aryl methyl sites for hydroxylation is 3. The van der Waals surface area contributed by atoms with Crippen molar-refractivity contribution in [3.63, 3.8) is 0 Å². The quantitative estimate of drug-likeness (QED) is 0.359. The maximum absolute atomic E-state index is 14.0. The number of anilines is 1. The zero-order valence-corrected chi connectivity index (χ0v) is 24.5. The molecule has 0 unspecified atom stereocenters. The van der Waals surface area contributed by atoms with Crippen molar-refractivity contribution in [3.8, 4) is 0 Å². The Morgan fingerprint density at radius 1 is 0.872 bits per heavy atom. The number of benzene rings is 3. The van der Waals surface area contributed by atoms with Crippen molar-refractivity contribution < 1.29 is 18.0 Å². The van der Waals surface area contributed by atoms with E-state index in [4.69, 9.17) is 0 Å². The molecule has 0 radical (unpaired) electrons. The van der Waals surface area contributed by atoms with Gasteiger partial charge in [0.25, 0.3) is 10.0 Å². The third kappa shape index (κ3) is 7.47. The third-order valence-corrected chi connectivity index (χ3v) is 8.61. The molecule has 0 aliphatic rings. The predicted octanol–water partition coefficient (Wildman–Crippen LogP) is 5.14. The van der Waals surface area contributed by atoms with Crippen LogP contribution in [0.15, 0.2) is 77.7 Å². The summed E-state index contributed by atoms with van der Waals surface area (Å²) in [5, 5.41) is 2.95. The van der Waals surface area contributed by atoms with E-state index in [0.717, 1.165) is 33.0 Å². The minimum Gasteiger partial charge on any atom is -0.352 e. The zero-order chi connectivity index (χ0) is 28.7. The lowest BCUT2D eigenvalue weighted by Crippen LogP contribution is -2.52. The lowest BCUT2D eigenvalue weighted by atomic mass is 10.1. The minimum atomic E-state index is -4.08. The van der Waals surface area contributed by atoms with E-state index in [1.807, 2.05) is 71.0 Å². The van der Waals surface area contributed by atoms with Gasteiger partial charge < -0.3 is 10.2 Å². The summed E-state index contributed by atoms with van der Waals surface area (Å²) in [7, 11) is -4.08. The summed E-state index contributed by atoms with van der Waals surface area (Å²) in [5.41, 5.74) is 4.02. The lowest BCUT2D eigenvalue weighted by molar-refractivity contribution is -0.139. The topological polar surface area (TPSA) is 86.8 Å². The van der Waals surface area contributed by atoms with Crippen molar-refractivity contribution in [2.24, 2.45) is 0 Å². The van der Waals surface area contributed by atoms with Crippen LogP contribution in [0, 0.1) is 20.8 Å². The highest BCUT2D eigenvalue weighted by Gasteiger charge is 2.33. The van der Waals surface area contributed by atoms with Gasteiger partial charge in [-0.05, 0) is 70.4 Å². The van der Waals surface area contributed by atoms with Crippen LogP contribution < -0.4 is 9.62 Å². The van der Waals surface area contributed by atoms with Crippen LogP contribution in [0.4, 0.5) is 5.69 Å². The fraction of sp³-hybridized carbons (Fsp3) is 0.355. The fourth-order valence-electron chi connectivity index (χ4n) is 4.37. The Labute approximate surface area is 232 Å². The average Bonchev–Trinajstić information content (AvgIpc) is 2.90. The van der Waals surface area contributed by atoms with Gasteiger partial charge in [0, 0.05) is 12.6 Å². The molecule has 3 aromatic rings. The average molecular weight is 550 g/mol. The smallest absolute Gasteiger partial charge is 0.264 e. The zero-order valence-electron chi connectivity index (χ0n) is 23.6. The Balaban J connectivity index is 2.05.